The molecule has 1 fully saturated rings. The smallest absolute Gasteiger partial charge is 0.311 e. The maximum Gasteiger partial charge on any atom is 0.311 e. The Balaban J connectivity index is 1.84. The topological polar surface area (TPSA) is 105 Å². The Morgan fingerprint density at radius 1 is 1.12 bits per heavy atom. The van der Waals surface area contributed by atoms with E-state index in [2.05, 4.69) is 10.6 Å². The van der Waals surface area contributed by atoms with Crippen molar-refractivity contribution in [3.05, 3.63) is 34.9 Å². The lowest BCUT2D eigenvalue weighted by atomic mass is 9.80. The number of carboxylic acid groups (broad SMARTS) is 1. The number of rotatable bonds is 6. The summed E-state index contributed by atoms with van der Waals surface area (Å²) in [4.78, 5) is 35.6. The third kappa shape index (κ3) is 4.79. The quantitative estimate of drug-likeness (QED) is 0.712. The standard InChI is InChI=1S/C18H24N2O5/c1-12-3-4-14(9-13(12)2)16(22)19-10-15(21)20-11-18(17(23)24)5-7-25-8-6-18/h3-4,9H,5-8,10-11H2,1-2H3,(H,19,22)(H,20,21)(H,23,24). The number of aryl methyl sites for hydroxylation is 2. The van der Waals surface area contributed by atoms with Crippen molar-refractivity contribution in [2.75, 3.05) is 26.3 Å². The van der Waals surface area contributed by atoms with Gasteiger partial charge in [-0.25, -0.2) is 0 Å². The first kappa shape index (κ1) is 18.9. The van der Waals surface area contributed by atoms with Crippen LogP contribution in [-0.2, 0) is 14.3 Å². The van der Waals surface area contributed by atoms with Crippen molar-refractivity contribution in [2.24, 2.45) is 5.41 Å². The van der Waals surface area contributed by atoms with E-state index < -0.39 is 17.3 Å². The zero-order valence-corrected chi connectivity index (χ0v) is 14.6. The maximum absolute atomic E-state index is 12.1. The molecule has 1 aliphatic heterocycles. The minimum atomic E-state index is -0.994. The number of carbonyl (C=O) groups is 3. The summed E-state index contributed by atoms with van der Waals surface area (Å²) in [6, 6.07) is 5.33. The van der Waals surface area contributed by atoms with Crippen LogP contribution in [0.5, 0.6) is 0 Å². The molecule has 1 aromatic carbocycles. The molecule has 7 nitrogen and oxygen atoms in total. The molecular formula is C18H24N2O5. The maximum atomic E-state index is 12.1. The van der Waals surface area contributed by atoms with Crippen LogP contribution in [0.2, 0.25) is 0 Å². The van der Waals surface area contributed by atoms with Gasteiger partial charge >= 0.3 is 5.97 Å². The van der Waals surface area contributed by atoms with E-state index in [1.54, 1.807) is 12.1 Å². The SMILES string of the molecule is Cc1ccc(C(=O)NCC(=O)NCC2(C(=O)O)CCOCC2)cc1C. The summed E-state index contributed by atoms with van der Waals surface area (Å²) < 4.78 is 5.19. The highest BCUT2D eigenvalue weighted by molar-refractivity contribution is 5.96. The van der Waals surface area contributed by atoms with Gasteiger partial charge in [-0.2, -0.15) is 0 Å². The molecule has 0 atom stereocenters. The van der Waals surface area contributed by atoms with Crippen molar-refractivity contribution in [2.45, 2.75) is 26.7 Å². The van der Waals surface area contributed by atoms with Crippen LogP contribution >= 0.6 is 0 Å². The van der Waals surface area contributed by atoms with Crippen LogP contribution in [0.15, 0.2) is 18.2 Å². The molecule has 3 N–H and O–H groups in total. The van der Waals surface area contributed by atoms with Crippen molar-refractivity contribution in [1.29, 1.82) is 0 Å². The van der Waals surface area contributed by atoms with Crippen LogP contribution in [-0.4, -0.2) is 49.2 Å². The predicted octanol–water partition coefficient (Wildman–Crippen LogP) is 1.03. The molecular weight excluding hydrogens is 324 g/mol. The Bertz CT molecular complexity index is 665. The van der Waals surface area contributed by atoms with Crippen molar-refractivity contribution >= 4 is 17.8 Å². The van der Waals surface area contributed by atoms with Gasteiger partial charge in [0.1, 0.15) is 0 Å². The minimum absolute atomic E-state index is 0.0318. The highest BCUT2D eigenvalue weighted by Crippen LogP contribution is 2.29. The number of hydrogen-bond acceptors (Lipinski definition) is 4. The zero-order valence-electron chi connectivity index (χ0n) is 14.6. The molecule has 2 rings (SSSR count). The third-order valence-corrected chi connectivity index (χ3v) is 4.71. The van der Waals surface area contributed by atoms with Gasteiger partial charge in [-0.1, -0.05) is 6.07 Å². The summed E-state index contributed by atoms with van der Waals surface area (Å²) in [7, 11) is 0. The molecule has 136 valence electrons. The molecule has 0 spiro atoms. The Labute approximate surface area is 146 Å². The van der Waals surface area contributed by atoms with Gasteiger partial charge in [0.2, 0.25) is 5.91 Å². The normalized spacial score (nSPS) is 16.1. The van der Waals surface area contributed by atoms with E-state index in [1.807, 2.05) is 19.9 Å². The van der Waals surface area contributed by atoms with E-state index in [0.717, 1.165) is 11.1 Å². The van der Waals surface area contributed by atoms with E-state index in [4.69, 9.17) is 4.74 Å². The van der Waals surface area contributed by atoms with Crippen LogP contribution < -0.4 is 10.6 Å². The number of carbonyl (C=O) groups excluding carboxylic acids is 2. The third-order valence-electron chi connectivity index (χ3n) is 4.71. The molecule has 1 saturated heterocycles. The molecule has 25 heavy (non-hydrogen) atoms. The van der Waals surface area contributed by atoms with Crippen molar-refractivity contribution in [3.63, 3.8) is 0 Å². The summed E-state index contributed by atoms with van der Waals surface area (Å²) in [6.45, 7) is 4.44. The lowest BCUT2D eigenvalue weighted by Gasteiger charge is -2.33. The summed E-state index contributed by atoms with van der Waals surface area (Å²) in [5.74, 6) is -1.68. The van der Waals surface area contributed by atoms with Crippen LogP contribution in [0.1, 0.15) is 34.3 Å². The number of benzene rings is 1. The van der Waals surface area contributed by atoms with Gasteiger partial charge in [-0.05, 0) is 49.9 Å². The summed E-state index contributed by atoms with van der Waals surface area (Å²) >= 11 is 0. The number of carboxylic acids is 1. The second-order valence-corrected chi connectivity index (χ2v) is 6.46. The van der Waals surface area contributed by atoms with Crippen molar-refractivity contribution < 1.29 is 24.2 Å². The van der Waals surface area contributed by atoms with E-state index in [9.17, 15) is 19.5 Å². The van der Waals surface area contributed by atoms with Gasteiger partial charge in [0.15, 0.2) is 0 Å². The Morgan fingerprint density at radius 2 is 1.80 bits per heavy atom. The van der Waals surface area contributed by atoms with Crippen molar-refractivity contribution in [3.8, 4) is 0 Å². The van der Waals surface area contributed by atoms with Crippen LogP contribution in [0.3, 0.4) is 0 Å². The molecule has 0 saturated carbocycles. The lowest BCUT2D eigenvalue weighted by Crippen LogP contribution is -2.48. The van der Waals surface area contributed by atoms with Crippen molar-refractivity contribution in [1.82, 2.24) is 10.6 Å². The molecule has 1 aliphatic rings. The summed E-state index contributed by atoms with van der Waals surface area (Å²) in [5, 5.41) is 14.6. The molecule has 0 bridgehead atoms. The Morgan fingerprint density at radius 3 is 2.40 bits per heavy atom. The first-order chi connectivity index (χ1) is 11.8. The minimum Gasteiger partial charge on any atom is -0.481 e. The second-order valence-electron chi connectivity index (χ2n) is 6.46. The Hall–Kier alpha value is -2.41. The average Bonchev–Trinajstić information content (AvgIpc) is 2.60. The molecule has 7 heteroatoms. The number of ether oxygens (including phenoxy) is 1. The van der Waals surface area contributed by atoms with Crippen LogP contribution in [0.25, 0.3) is 0 Å². The molecule has 0 unspecified atom stereocenters. The predicted molar refractivity (Wildman–Crippen MR) is 91.4 cm³/mol. The monoisotopic (exact) mass is 348 g/mol. The molecule has 1 aromatic rings. The molecule has 0 aliphatic carbocycles. The number of amides is 2. The van der Waals surface area contributed by atoms with Crippen LogP contribution in [0.4, 0.5) is 0 Å². The van der Waals surface area contributed by atoms with E-state index in [-0.39, 0.29) is 19.0 Å². The first-order valence-corrected chi connectivity index (χ1v) is 8.27. The van der Waals surface area contributed by atoms with Gasteiger partial charge in [0.05, 0.1) is 12.0 Å². The van der Waals surface area contributed by atoms with E-state index in [0.29, 0.717) is 31.6 Å². The highest BCUT2D eigenvalue weighted by atomic mass is 16.5. The summed E-state index contributed by atoms with van der Waals surface area (Å²) in [6.07, 6.45) is 0.717. The second kappa shape index (κ2) is 8.11. The fourth-order valence-electron chi connectivity index (χ4n) is 2.70. The largest absolute Gasteiger partial charge is 0.481 e. The van der Waals surface area contributed by atoms with E-state index >= 15 is 0 Å². The number of aliphatic carboxylic acids is 1. The molecule has 0 radical (unpaired) electrons. The molecule has 0 aromatic heterocycles. The zero-order chi connectivity index (χ0) is 18.4. The summed E-state index contributed by atoms with van der Waals surface area (Å²) in [5.41, 5.74) is 1.58. The number of nitrogens with one attached hydrogen (secondary N) is 2. The fourth-order valence-corrected chi connectivity index (χ4v) is 2.70. The molecule has 1 heterocycles. The van der Waals surface area contributed by atoms with Gasteiger partial charge in [-0.15, -0.1) is 0 Å². The van der Waals surface area contributed by atoms with E-state index in [1.165, 1.54) is 0 Å². The van der Waals surface area contributed by atoms with Gasteiger partial charge < -0.3 is 20.5 Å². The fraction of sp³-hybridized carbons (Fsp3) is 0.500. The average molecular weight is 348 g/mol. The highest BCUT2D eigenvalue weighted by Gasteiger charge is 2.40. The van der Waals surface area contributed by atoms with Gasteiger partial charge in [0.25, 0.3) is 5.91 Å². The van der Waals surface area contributed by atoms with Gasteiger partial charge in [-0.3, -0.25) is 14.4 Å². The first-order valence-electron chi connectivity index (χ1n) is 8.27. The molecule has 2 amide bonds. The number of hydrogen-bond donors (Lipinski definition) is 3. The van der Waals surface area contributed by atoms with Crippen LogP contribution in [0, 0.1) is 19.3 Å². The lowest BCUT2D eigenvalue weighted by molar-refractivity contribution is -0.154. The van der Waals surface area contributed by atoms with Gasteiger partial charge in [0, 0.05) is 25.3 Å². The Kier molecular flexibility index (Phi) is 6.14.